The molecule has 1 aliphatic heterocycles. The van der Waals surface area contributed by atoms with E-state index in [4.69, 9.17) is 4.74 Å². The van der Waals surface area contributed by atoms with Gasteiger partial charge in [0, 0.05) is 41.5 Å². The summed E-state index contributed by atoms with van der Waals surface area (Å²) in [4.78, 5) is 30.5. The molecule has 10 heteroatoms. The highest BCUT2D eigenvalue weighted by Crippen LogP contribution is 2.32. The molecule has 46 heavy (non-hydrogen) atoms. The molecular formula is C36H46N4O5S. The number of H-pyrrole nitrogens is 1. The van der Waals surface area contributed by atoms with Crippen LogP contribution in [0.15, 0.2) is 70.8 Å². The van der Waals surface area contributed by atoms with Crippen LogP contribution < -0.4 is 16.2 Å². The van der Waals surface area contributed by atoms with Gasteiger partial charge in [0.1, 0.15) is 11.9 Å². The SMILES string of the molecule is O=C(Nc1ccccc1-c1cccs1)OC1CCN(CCCCCCCCCNC[C@@H](O)c2ccc(O)c3[nH]c(=O)ccc23)CC1. The maximum Gasteiger partial charge on any atom is 0.411 e. The summed E-state index contributed by atoms with van der Waals surface area (Å²) in [6.07, 6.45) is 8.95. The number of phenolic OH excluding ortho intramolecular Hbond substituents is 1. The van der Waals surface area contributed by atoms with E-state index in [2.05, 4.69) is 26.6 Å². The Hall–Kier alpha value is -3.70. The number of hydrogen-bond donors (Lipinski definition) is 5. The minimum absolute atomic E-state index is 0.00215. The molecule has 0 saturated carbocycles. The molecule has 1 amide bonds. The van der Waals surface area contributed by atoms with E-state index in [1.807, 2.05) is 35.7 Å². The number of rotatable bonds is 16. The van der Waals surface area contributed by atoms with Gasteiger partial charge in [0.15, 0.2) is 0 Å². The van der Waals surface area contributed by atoms with Gasteiger partial charge in [-0.25, -0.2) is 4.79 Å². The van der Waals surface area contributed by atoms with Crippen LogP contribution in [0.5, 0.6) is 5.75 Å². The summed E-state index contributed by atoms with van der Waals surface area (Å²) in [5.74, 6) is -0.00215. The van der Waals surface area contributed by atoms with Crippen molar-refractivity contribution >= 4 is 34.0 Å². The number of unbranched alkanes of at least 4 members (excludes halogenated alkanes) is 6. The third kappa shape index (κ3) is 9.65. The lowest BCUT2D eigenvalue weighted by molar-refractivity contribution is 0.0584. The van der Waals surface area contributed by atoms with Gasteiger partial charge in [-0.2, -0.15) is 0 Å². The zero-order valence-corrected chi connectivity index (χ0v) is 27.2. The number of aliphatic hydroxyl groups excluding tert-OH is 1. The molecule has 2 aromatic carbocycles. The topological polar surface area (TPSA) is 127 Å². The molecule has 1 saturated heterocycles. The van der Waals surface area contributed by atoms with E-state index >= 15 is 0 Å². The van der Waals surface area contributed by atoms with E-state index in [-0.39, 0.29) is 23.5 Å². The van der Waals surface area contributed by atoms with Gasteiger partial charge in [0.05, 0.1) is 17.3 Å². The maximum atomic E-state index is 12.6. The van der Waals surface area contributed by atoms with E-state index in [0.717, 1.165) is 68.0 Å². The molecule has 1 aliphatic rings. The van der Waals surface area contributed by atoms with Crippen molar-refractivity contribution in [3.05, 3.63) is 82.0 Å². The Morgan fingerprint density at radius 1 is 0.957 bits per heavy atom. The summed E-state index contributed by atoms with van der Waals surface area (Å²) in [7, 11) is 0. The number of aromatic hydroxyl groups is 1. The fourth-order valence-corrected chi connectivity index (χ4v) is 6.91. The fourth-order valence-electron chi connectivity index (χ4n) is 6.15. The predicted octanol–water partition coefficient (Wildman–Crippen LogP) is 7.03. The summed E-state index contributed by atoms with van der Waals surface area (Å²) < 4.78 is 5.77. The number of nitrogens with one attached hydrogen (secondary N) is 3. The molecule has 3 heterocycles. The highest BCUT2D eigenvalue weighted by atomic mass is 32.1. The number of benzene rings is 2. The number of aromatic amines is 1. The van der Waals surface area contributed by atoms with Crippen molar-refractivity contribution in [2.75, 3.05) is 38.0 Å². The average molecular weight is 647 g/mol. The Morgan fingerprint density at radius 2 is 1.72 bits per heavy atom. The van der Waals surface area contributed by atoms with Gasteiger partial charge in [-0.05, 0) is 74.0 Å². The van der Waals surface area contributed by atoms with Gasteiger partial charge in [-0.1, -0.05) is 62.4 Å². The van der Waals surface area contributed by atoms with Gasteiger partial charge in [0.2, 0.25) is 5.56 Å². The van der Waals surface area contributed by atoms with Gasteiger partial charge in [-0.15, -0.1) is 11.3 Å². The third-order valence-corrected chi connectivity index (χ3v) is 9.59. The number of aromatic nitrogens is 1. The second kappa shape index (κ2) is 17.3. The van der Waals surface area contributed by atoms with Crippen LogP contribution in [-0.4, -0.2) is 65.0 Å². The number of ether oxygens (including phenoxy) is 1. The van der Waals surface area contributed by atoms with E-state index in [1.54, 1.807) is 23.5 Å². The fraction of sp³-hybridized carbons (Fsp3) is 0.444. The minimum atomic E-state index is -0.725. The number of carbonyl (C=O) groups excluding carboxylic acids is 1. The quantitative estimate of drug-likeness (QED) is 0.0828. The first-order valence-corrected chi connectivity index (χ1v) is 17.4. The predicted molar refractivity (Wildman–Crippen MR) is 186 cm³/mol. The van der Waals surface area contributed by atoms with Crippen molar-refractivity contribution in [2.24, 2.45) is 0 Å². The molecule has 4 aromatic rings. The first-order valence-electron chi connectivity index (χ1n) is 16.5. The number of piperidine rings is 1. The van der Waals surface area contributed by atoms with Crippen LogP contribution in [0.4, 0.5) is 10.5 Å². The number of para-hydroxylation sites is 1. The summed E-state index contributed by atoms with van der Waals surface area (Å²) in [6, 6.07) is 18.2. The molecule has 1 atom stereocenters. The standard InChI is InChI=1S/C36H46N4O5S/c41-31-16-14-27(28-15-17-34(43)39-35(28)31)32(42)25-37-20-8-4-2-1-3-5-9-21-40-22-18-26(19-23-40)45-36(44)38-30-12-7-6-11-29(30)33-13-10-24-46-33/h6-7,10-17,24,26,32,37,41-42H,1-5,8-9,18-23,25H2,(H,38,44)(H,39,43)/t32-/m1/s1. The van der Waals surface area contributed by atoms with Crippen LogP contribution in [0.25, 0.3) is 21.3 Å². The number of likely N-dealkylation sites (tertiary alicyclic amines) is 1. The smallest absolute Gasteiger partial charge is 0.411 e. The largest absolute Gasteiger partial charge is 0.506 e. The Bertz CT molecular complexity index is 1580. The number of pyridine rings is 1. The van der Waals surface area contributed by atoms with Gasteiger partial charge in [-0.3, -0.25) is 10.1 Å². The number of carbonyl (C=O) groups is 1. The normalized spacial score (nSPS) is 14.8. The second-order valence-corrected chi connectivity index (χ2v) is 13.0. The van der Waals surface area contributed by atoms with Crippen LogP contribution in [0.1, 0.15) is 69.5 Å². The zero-order chi connectivity index (χ0) is 32.1. The number of nitrogens with zero attached hydrogens (tertiary/aromatic N) is 1. The number of phenols is 1. The lowest BCUT2D eigenvalue weighted by Crippen LogP contribution is -2.38. The molecule has 2 aromatic heterocycles. The average Bonchev–Trinajstić information content (AvgIpc) is 3.60. The Kier molecular flexibility index (Phi) is 12.6. The van der Waals surface area contributed by atoms with Crippen molar-refractivity contribution in [3.8, 4) is 16.2 Å². The molecule has 0 bridgehead atoms. The number of aliphatic hydroxyl groups is 1. The lowest BCUT2D eigenvalue weighted by atomic mass is 10.0. The van der Waals surface area contributed by atoms with E-state index < -0.39 is 6.10 Å². The van der Waals surface area contributed by atoms with Gasteiger partial charge in [0.25, 0.3) is 0 Å². The van der Waals surface area contributed by atoms with E-state index in [1.165, 1.54) is 44.2 Å². The molecule has 246 valence electrons. The number of fused-ring (bicyclic) bond motifs is 1. The summed E-state index contributed by atoms with van der Waals surface area (Å²) in [6.45, 7) is 4.29. The molecular weight excluding hydrogens is 600 g/mol. The Balaban J connectivity index is 0.869. The zero-order valence-electron chi connectivity index (χ0n) is 26.4. The van der Waals surface area contributed by atoms with Gasteiger partial charge >= 0.3 is 6.09 Å². The third-order valence-electron chi connectivity index (χ3n) is 8.69. The van der Waals surface area contributed by atoms with Crippen molar-refractivity contribution < 1.29 is 19.7 Å². The molecule has 9 nitrogen and oxygen atoms in total. The first-order chi connectivity index (χ1) is 22.5. The van der Waals surface area contributed by atoms with Crippen molar-refractivity contribution in [2.45, 2.75) is 70.0 Å². The van der Waals surface area contributed by atoms with Crippen molar-refractivity contribution in [3.63, 3.8) is 0 Å². The van der Waals surface area contributed by atoms with E-state index in [0.29, 0.717) is 23.0 Å². The lowest BCUT2D eigenvalue weighted by Gasteiger charge is -2.31. The van der Waals surface area contributed by atoms with Crippen LogP contribution in [0.2, 0.25) is 0 Å². The summed E-state index contributed by atoms with van der Waals surface area (Å²) in [5.41, 5.74) is 2.54. The Labute approximate surface area is 274 Å². The van der Waals surface area contributed by atoms with Crippen molar-refractivity contribution in [1.29, 1.82) is 0 Å². The van der Waals surface area contributed by atoms with Crippen LogP contribution in [-0.2, 0) is 4.74 Å². The van der Waals surface area contributed by atoms with Crippen LogP contribution >= 0.6 is 11.3 Å². The van der Waals surface area contributed by atoms with Gasteiger partial charge < -0.3 is 30.2 Å². The second-order valence-electron chi connectivity index (χ2n) is 12.1. The molecule has 0 spiro atoms. The number of hydrogen-bond acceptors (Lipinski definition) is 8. The van der Waals surface area contributed by atoms with E-state index in [9.17, 15) is 19.8 Å². The molecule has 1 fully saturated rings. The number of anilines is 1. The Morgan fingerprint density at radius 3 is 2.50 bits per heavy atom. The monoisotopic (exact) mass is 646 g/mol. The molecule has 0 aliphatic carbocycles. The van der Waals surface area contributed by atoms with Crippen LogP contribution in [0, 0.1) is 0 Å². The highest BCUT2D eigenvalue weighted by molar-refractivity contribution is 7.13. The molecule has 5 N–H and O–H groups in total. The molecule has 5 rings (SSSR count). The molecule has 0 unspecified atom stereocenters. The minimum Gasteiger partial charge on any atom is -0.506 e. The number of thiophene rings is 1. The van der Waals surface area contributed by atoms with Crippen LogP contribution in [0.3, 0.4) is 0 Å². The summed E-state index contributed by atoms with van der Waals surface area (Å²) in [5, 5.41) is 29.7. The first kappa shape index (κ1) is 33.7. The van der Waals surface area contributed by atoms with Crippen molar-refractivity contribution in [1.82, 2.24) is 15.2 Å². The maximum absolute atomic E-state index is 12.6. The molecule has 0 radical (unpaired) electrons. The summed E-state index contributed by atoms with van der Waals surface area (Å²) >= 11 is 1.65. The highest BCUT2D eigenvalue weighted by Gasteiger charge is 2.22. The number of amides is 1.